The van der Waals surface area contributed by atoms with Crippen LogP contribution in [0, 0.1) is 11.8 Å². The van der Waals surface area contributed by atoms with Crippen LogP contribution in [0.4, 0.5) is 0 Å². The van der Waals surface area contributed by atoms with Crippen LogP contribution in [0.5, 0.6) is 0 Å². The first-order valence-electron chi connectivity index (χ1n) is 3.89. The summed E-state index contributed by atoms with van der Waals surface area (Å²) < 4.78 is 4.19. The normalized spacial score (nSPS) is 40.1. The summed E-state index contributed by atoms with van der Waals surface area (Å²) in [5.74, 6) is 1.76. The van der Waals surface area contributed by atoms with Crippen molar-refractivity contribution in [1.29, 1.82) is 0 Å². The molecule has 0 amide bonds. The Kier molecular flexibility index (Phi) is 2.78. The van der Waals surface area contributed by atoms with Gasteiger partial charge in [-0.25, -0.2) is 4.40 Å². The van der Waals surface area contributed by atoms with E-state index in [0.717, 1.165) is 17.1 Å². The lowest BCUT2D eigenvalue weighted by atomic mass is 9.77. The van der Waals surface area contributed by atoms with Crippen molar-refractivity contribution in [2.75, 3.05) is 0 Å². The van der Waals surface area contributed by atoms with E-state index < -0.39 is 0 Å². The van der Waals surface area contributed by atoms with Gasteiger partial charge in [-0.1, -0.05) is 13.8 Å². The maximum atomic E-state index is 4.19. The molecule has 0 aromatic rings. The molecule has 1 saturated carbocycles. The molecule has 0 saturated heterocycles. The van der Waals surface area contributed by atoms with E-state index in [-0.39, 0.29) is 0 Å². The molecule has 0 aliphatic heterocycles. The Balaban J connectivity index is 2.26. The van der Waals surface area contributed by atoms with E-state index in [4.69, 9.17) is 0 Å². The topological polar surface area (TPSA) is 12.4 Å². The number of rotatable bonds is 2. The zero-order chi connectivity index (χ0) is 7.56. The van der Waals surface area contributed by atoms with Crippen molar-refractivity contribution >= 4 is 18.2 Å². The summed E-state index contributed by atoms with van der Waals surface area (Å²) >= 11 is 1.75. The molecule has 2 unspecified atom stereocenters. The Bertz CT molecular complexity index is 125. The largest absolute Gasteiger partial charge is 0.229 e. The maximum Gasteiger partial charge on any atom is 0.0318 e. The minimum absolute atomic E-state index is 0.788. The standard InChI is InChI=1S/C8H15NS/c1-4-9-10-8-6(2)5-7(8)3/h4,6-8H,5H2,1-3H3/b9-4-. The minimum atomic E-state index is 0.788. The molecule has 0 spiro atoms. The van der Waals surface area contributed by atoms with Crippen LogP contribution in [0.1, 0.15) is 27.2 Å². The third-order valence-electron chi connectivity index (χ3n) is 2.15. The van der Waals surface area contributed by atoms with E-state index in [1.807, 2.05) is 13.1 Å². The molecular weight excluding hydrogens is 142 g/mol. The van der Waals surface area contributed by atoms with Gasteiger partial charge >= 0.3 is 0 Å². The fourth-order valence-electron chi connectivity index (χ4n) is 1.56. The smallest absolute Gasteiger partial charge is 0.0318 e. The molecule has 0 bridgehead atoms. The first kappa shape index (κ1) is 8.12. The van der Waals surface area contributed by atoms with Gasteiger partial charge in [0.1, 0.15) is 0 Å². The maximum absolute atomic E-state index is 4.19. The van der Waals surface area contributed by atoms with Crippen LogP contribution in [0.3, 0.4) is 0 Å². The Hall–Kier alpha value is 0.0200. The van der Waals surface area contributed by atoms with Gasteiger partial charge in [0, 0.05) is 11.5 Å². The predicted molar refractivity (Wildman–Crippen MR) is 48.5 cm³/mol. The van der Waals surface area contributed by atoms with Crippen molar-refractivity contribution < 1.29 is 0 Å². The highest BCUT2D eigenvalue weighted by atomic mass is 32.2. The first-order chi connectivity index (χ1) is 4.75. The van der Waals surface area contributed by atoms with Gasteiger partial charge in [0.25, 0.3) is 0 Å². The third kappa shape index (κ3) is 1.54. The molecule has 1 rings (SSSR count). The van der Waals surface area contributed by atoms with Crippen molar-refractivity contribution in [3.63, 3.8) is 0 Å². The van der Waals surface area contributed by atoms with Crippen molar-refractivity contribution in [1.82, 2.24) is 0 Å². The average Bonchev–Trinajstić information content (AvgIpc) is 1.89. The average molecular weight is 157 g/mol. The summed E-state index contributed by atoms with van der Waals surface area (Å²) in [4.78, 5) is 0. The van der Waals surface area contributed by atoms with Gasteiger partial charge in [0.05, 0.1) is 0 Å². The molecule has 1 nitrogen and oxygen atoms in total. The fraction of sp³-hybridized carbons (Fsp3) is 0.875. The molecule has 2 atom stereocenters. The monoisotopic (exact) mass is 157 g/mol. The van der Waals surface area contributed by atoms with E-state index in [0.29, 0.717) is 0 Å². The molecule has 1 aliphatic rings. The molecule has 10 heavy (non-hydrogen) atoms. The summed E-state index contributed by atoms with van der Waals surface area (Å²) in [6.45, 7) is 6.59. The van der Waals surface area contributed by atoms with Crippen molar-refractivity contribution in [3.8, 4) is 0 Å². The number of hydrogen-bond acceptors (Lipinski definition) is 2. The van der Waals surface area contributed by atoms with Crippen LogP contribution < -0.4 is 0 Å². The number of nitrogens with zero attached hydrogens (tertiary/aromatic N) is 1. The Labute approximate surface area is 67.4 Å². The van der Waals surface area contributed by atoms with Gasteiger partial charge in [-0.3, -0.25) is 0 Å². The Morgan fingerprint density at radius 1 is 1.40 bits per heavy atom. The van der Waals surface area contributed by atoms with Crippen LogP contribution in [-0.2, 0) is 0 Å². The van der Waals surface area contributed by atoms with Crippen LogP contribution in [-0.4, -0.2) is 11.5 Å². The molecule has 2 heteroatoms. The molecule has 1 fully saturated rings. The zero-order valence-electron chi connectivity index (χ0n) is 6.87. The molecule has 0 aromatic carbocycles. The summed E-state index contributed by atoms with van der Waals surface area (Å²) in [6.07, 6.45) is 3.26. The van der Waals surface area contributed by atoms with E-state index in [2.05, 4.69) is 18.2 Å². The van der Waals surface area contributed by atoms with Crippen LogP contribution >= 0.6 is 11.9 Å². The second kappa shape index (κ2) is 3.42. The summed E-state index contributed by atoms with van der Waals surface area (Å²) in [6, 6.07) is 0. The van der Waals surface area contributed by atoms with E-state index in [1.54, 1.807) is 11.9 Å². The second-order valence-electron chi connectivity index (χ2n) is 3.12. The highest BCUT2D eigenvalue weighted by molar-refractivity contribution is 7.98. The zero-order valence-corrected chi connectivity index (χ0v) is 7.69. The first-order valence-corrected chi connectivity index (χ1v) is 4.73. The highest BCUT2D eigenvalue weighted by Crippen LogP contribution is 2.42. The van der Waals surface area contributed by atoms with Crippen LogP contribution in [0.15, 0.2) is 4.40 Å². The second-order valence-corrected chi connectivity index (χ2v) is 4.09. The summed E-state index contributed by atoms with van der Waals surface area (Å²) in [5, 5.41) is 0.788. The quantitative estimate of drug-likeness (QED) is 0.443. The molecule has 0 N–H and O–H groups in total. The summed E-state index contributed by atoms with van der Waals surface area (Å²) in [5.41, 5.74) is 0. The highest BCUT2D eigenvalue weighted by Gasteiger charge is 2.34. The van der Waals surface area contributed by atoms with E-state index >= 15 is 0 Å². The minimum Gasteiger partial charge on any atom is -0.229 e. The van der Waals surface area contributed by atoms with E-state index in [9.17, 15) is 0 Å². The summed E-state index contributed by atoms with van der Waals surface area (Å²) in [7, 11) is 0. The number of hydrogen-bond donors (Lipinski definition) is 0. The van der Waals surface area contributed by atoms with Crippen molar-refractivity contribution in [2.45, 2.75) is 32.4 Å². The Morgan fingerprint density at radius 2 is 2.00 bits per heavy atom. The third-order valence-corrected chi connectivity index (χ3v) is 3.66. The van der Waals surface area contributed by atoms with Gasteiger partial charge in [-0.15, -0.1) is 0 Å². The predicted octanol–water partition coefficient (Wildman–Crippen LogP) is 2.77. The lowest BCUT2D eigenvalue weighted by Gasteiger charge is -2.38. The van der Waals surface area contributed by atoms with Gasteiger partial charge in [-0.05, 0) is 37.1 Å². The van der Waals surface area contributed by atoms with Crippen molar-refractivity contribution in [2.24, 2.45) is 16.2 Å². The molecule has 0 radical (unpaired) electrons. The fourth-order valence-corrected chi connectivity index (χ4v) is 2.46. The van der Waals surface area contributed by atoms with Gasteiger partial charge < -0.3 is 0 Å². The van der Waals surface area contributed by atoms with Crippen molar-refractivity contribution in [3.05, 3.63) is 0 Å². The van der Waals surface area contributed by atoms with Crippen LogP contribution in [0.25, 0.3) is 0 Å². The lowest BCUT2D eigenvalue weighted by Crippen LogP contribution is -2.35. The lowest BCUT2D eigenvalue weighted by molar-refractivity contribution is 0.249. The van der Waals surface area contributed by atoms with Crippen LogP contribution in [0.2, 0.25) is 0 Å². The SMILES string of the molecule is C/C=N\SC1C(C)CC1C. The molecule has 1 aliphatic carbocycles. The van der Waals surface area contributed by atoms with Gasteiger partial charge in [0.2, 0.25) is 0 Å². The van der Waals surface area contributed by atoms with E-state index in [1.165, 1.54) is 6.42 Å². The van der Waals surface area contributed by atoms with Gasteiger partial charge in [-0.2, -0.15) is 0 Å². The van der Waals surface area contributed by atoms with Gasteiger partial charge in [0.15, 0.2) is 0 Å². The molecule has 0 heterocycles. The molecular formula is C8H15NS. The molecule has 0 aromatic heterocycles. The molecule has 58 valence electrons. The Morgan fingerprint density at radius 3 is 2.40 bits per heavy atom.